The fourth-order valence-corrected chi connectivity index (χ4v) is 3.32. The van der Waals surface area contributed by atoms with Crippen LogP contribution < -0.4 is 11.1 Å². The van der Waals surface area contributed by atoms with Crippen LogP contribution in [0.2, 0.25) is 0 Å². The Kier molecular flexibility index (Phi) is 4.45. The zero-order chi connectivity index (χ0) is 13.9. The van der Waals surface area contributed by atoms with Gasteiger partial charge in [0.1, 0.15) is 0 Å². The number of nitrogens with one attached hydrogen (secondary N) is 1. The maximum absolute atomic E-state index is 12.3. The Balaban J connectivity index is 2.02. The van der Waals surface area contributed by atoms with Crippen LogP contribution in [0.25, 0.3) is 0 Å². The third-order valence-corrected chi connectivity index (χ3v) is 4.60. The zero-order valence-corrected chi connectivity index (χ0v) is 11.4. The van der Waals surface area contributed by atoms with Gasteiger partial charge in [-0.15, -0.1) is 0 Å². The van der Waals surface area contributed by atoms with Crippen LogP contribution in [0, 0.1) is 5.92 Å². The van der Waals surface area contributed by atoms with Crippen LogP contribution in [0.5, 0.6) is 0 Å². The second-order valence-electron chi connectivity index (χ2n) is 6.03. The highest BCUT2D eigenvalue weighted by Gasteiger charge is 2.40. The molecule has 2 fully saturated rings. The van der Waals surface area contributed by atoms with E-state index in [0.717, 1.165) is 38.5 Å². The number of hydrogen-bond donors (Lipinski definition) is 3. The average Bonchev–Trinajstić information content (AvgIpc) is 2.68. The summed E-state index contributed by atoms with van der Waals surface area (Å²) in [5, 5.41) is 12.2. The molecule has 2 aliphatic carbocycles. The Bertz CT molecular complexity index is 351. The topological polar surface area (TPSA) is 92.4 Å². The van der Waals surface area contributed by atoms with E-state index >= 15 is 0 Å². The number of amides is 1. The number of carbonyl (C=O) groups is 2. The van der Waals surface area contributed by atoms with Crippen LogP contribution in [0.3, 0.4) is 0 Å². The van der Waals surface area contributed by atoms with Crippen LogP contribution in [0.15, 0.2) is 0 Å². The molecule has 0 aromatic rings. The first-order valence-electron chi connectivity index (χ1n) is 7.35. The molecule has 19 heavy (non-hydrogen) atoms. The van der Waals surface area contributed by atoms with Crippen LogP contribution in [-0.4, -0.2) is 28.6 Å². The third kappa shape index (κ3) is 3.26. The van der Waals surface area contributed by atoms with Gasteiger partial charge in [-0.25, -0.2) is 0 Å². The molecule has 4 N–H and O–H groups in total. The first-order valence-corrected chi connectivity index (χ1v) is 7.35. The van der Waals surface area contributed by atoms with E-state index < -0.39 is 17.4 Å². The molecular formula is C14H24N2O3. The SMILES string of the molecule is NC1(C(=O)NC2CCCCCC2C(=O)O)CCCC1. The lowest BCUT2D eigenvalue weighted by Gasteiger charge is -2.29. The molecule has 0 aromatic heterocycles. The van der Waals surface area contributed by atoms with Gasteiger partial charge in [-0.1, -0.05) is 32.1 Å². The predicted molar refractivity (Wildman–Crippen MR) is 71.5 cm³/mol. The lowest BCUT2D eigenvalue weighted by Crippen LogP contribution is -2.56. The van der Waals surface area contributed by atoms with Crippen molar-refractivity contribution in [2.75, 3.05) is 0 Å². The molecule has 5 nitrogen and oxygen atoms in total. The standard InChI is InChI=1S/C14H24N2O3/c15-14(8-4-5-9-14)13(19)16-11-7-3-1-2-6-10(11)12(17)18/h10-11H,1-9,15H2,(H,16,19)(H,17,18). The monoisotopic (exact) mass is 268 g/mol. The van der Waals surface area contributed by atoms with E-state index in [1.165, 1.54) is 0 Å². The number of hydrogen-bond acceptors (Lipinski definition) is 3. The second-order valence-corrected chi connectivity index (χ2v) is 6.03. The Morgan fingerprint density at radius 3 is 2.32 bits per heavy atom. The molecular weight excluding hydrogens is 244 g/mol. The molecule has 0 bridgehead atoms. The number of carbonyl (C=O) groups excluding carboxylic acids is 1. The van der Waals surface area contributed by atoms with Crippen molar-refractivity contribution in [2.45, 2.75) is 69.4 Å². The normalized spacial score (nSPS) is 30.6. The van der Waals surface area contributed by atoms with Crippen molar-refractivity contribution in [1.82, 2.24) is 5.32 Å². The summed E-state index contributed by atoms with van der Waals surface area (Å²) in [5.41, 5.74) is 5.35. The zero-order valence-electron chi connectivity index (χ0n) is 11.4. The summed E-state index contributed by atoms with van der Waals surface area (Å²) in [6, 6.07) is -0.256. The highest BCUT2D eigenvalue weighted by molar-refractivity contribution is 5.87. The summed E-state index contributed by atoms with van der Waals surface area (Å²) in [4.78, 5) is 23.6. The fraction of sp³-hybridized carbons (Fsp3) is 0.857. The average molecular weight is 268 g/mol. The van der Waals surface area contributed by atoms with Crippen molar-refractivity contribution in [3.63, 3.8) is 0 Å². The molecule has 0 radical (unpaired) electrons. The minimum absolute atomic E-state index is 0.150. The number of carboxylic acid groups (broad SMARTS) is 1. The van der Waals surface area contributed by atoms with Crippen LogP contribution in [0.4, 0.5) is 0 Å². The highest BCUT2D eigenvalue weighted by atomic mass is 16.4. The molecule has 108 valence electrons. The van der Waals surface area contributed by atoms with E-state index in [-0.39, 0.29) is 11.9 Å². The lowest BCUT2D eigenvalue weighted by atomic mass is 9.92. The van der Waals surface area contributed by atoms with Crippen LogP contribution in [0.1, 0.15) is 57.8 Å². The molecule has 1 amide bonds. The number of aliphatic carboxylic acids is 1. The van der Waals surface area contributed by atoms with Gasteiger partial charge in [0, 0.05) is 6.04 Å². The molecule has 0 aromatic carbocycles. The van der Waals surface area contributed by atoms with Gasteiger partial charge in [0.2, 0.25) is 5.91 Å². The van der Waals surface area contributed by atoms with Gasteiger partial charge in [-0.05, 0) is 25.7 Å². The Labute approximate surface area is 113 Å². The summed E-state index contributed by atoms with van der Waals surface area (Å²) in [5.74, 6) is -1.41. The van der Waals surface area contributed by atoms with E-state index in [2.05, 4.69) is 5.32 Å². The highest BCUT2D eigenvalue weighted by Crippen LogP contribution is 2.29. The minimum Gasteiger partial charge on any atom is -0.481 e. The molecule has 2 rings (SSSR count). The molecule has 2 aliphatic rings. The van der Waals surface area contributed by atoms with Gasteiger partial charge in [-0.3, -0.25) is 9.59 Å². The van der Waals surface area contributed by atoms with Gasteiger partial charge < -0.3 is 16.2 Å². The quantitative estimate of drug-likeness (QED) is 0.675. The van der Waals surface area contributed by atoms with Gasteiger partial charge >= 0.3 is 5.97 Å². The van der Waals surface area contributed by atoms with Gasteiger partial charge in [0.15, 0.2) is 0 Å². The van der Waals surface area contributed by atoms with Gasteiger partial charge in [-0.2, -0.15) is 0 Å². The fourth-order valence-electron chi connectivity index (χ4n) is 3.32. The van der Waals surface area contributed by atoms with E-state index in [1.807, 2.05) is 0 Å². The molecule has 0 heterocycles. The van der Waals surface area contributed by atoms with Crippen molar-refractivity contribution in [3.05, 3.63) is 0 Å². The molecule has 2 atom stereocenters. The maximum Gasteiger partial charge on any atom is 0.308 e. The van der Waals surface area contributed by atoms with Crippen molar-refractivity contribution < 1.29 is 14.7 Å². The van der Waals surface area contributed by atoms with Crippen LogP contribution >= 0.6 is 0 Å². The van der Waals surface area contributed by atoms with E-state index in [9.17, 15) is 14.7 Å². The van der Waals surface area contributed by atoms with Gasteiger partial charge in [0.25, 0.3) is 0 Å². The molecule has 0 spiro atoms. The lowest BCUT2D eigenvalue weighted by molar-refractivity contribution is -0.143. The minimum atomic E-state index is -0.801. The number of nitrogens with two attached hydrogens (primary N) is 1. The maximum atomic E-state index is 12.3. The smallest absolute Gasteiger partial charge is 0.308 e. The summed E-state index contributed by atoms with van der Waals surface area (Å²) in [7, 11) is 0. The van der Waals surface area contributed by atoms with E-state index in [0.29, 0.717) is 19.3 Å². The summed E-state index contributed by atoms with van der Waals surface area (Å²) in [6.07, 6.45) is 7.74. The second kappa shape index (κ2) is 5.90. The van der Waals surface area contributed by atoms with Crippen molar-refractivity contribution in [3.8, 4) is 0 Å². The Morgan fingerprint density at radius 2 is 1.68 bits per heavy atom. The van der Waals surface area contributed by atoms with Gasteiger partial charge in [0.05, 0.1) is 11.5 Å². The molecule has 5 heteroatoms. The number of rotatable bonds is 3. The molecule has 0 aliphatic heterocycles. The van der Waals surface area contributed by atoms with E-state index in [4.69, 9.17) is 5.73 Å². The Hall–Kier alpha value is -1.10. The number of carboxylic acids is 1. The molecule has 2 unspecified atom stereocenters. The molecule has 0 saturated heterocycles. The van der Waals surface area contributed by atoms with Crippen LogP contribution in [-0.2, 0) is 9.59 Å². The first-order chi connectivity index (χ1) is 9.03. The van der Waals surface area contributed by atoms with Crippen molar-refractivity contribution in [1.29, 1.82) is 0 Å². The molecule has 2 saturated carbocycles. The first kappa shape index (κ1) is 14.3. The van der Waals surface area contributed by atoms with Crippen molar-refractivity contribution >= 4 is 11.9 Å². The summed E-state index contributed by atoms with van der Waals surface area (Å²) in [6.45, 7) is 0. The third-order valence-electron chi connectivity index (χ3n) is 4.60. The van der Waals surface area contributed by atoms with Crippen molar-refractivity contribution in [2.24, 2.45) is 11.7 Å². The largest absolute Gasteiger partial charge is 0.481 e. The predicted octanol–water partition coefficient (Wildman–Crippen LogP) is 1.41. The Morgan fingerprint density at radius 1 is 1.05 bits per heavy atom. The van der Waals surface area contributed by atoms with E-state index in [1.54, 1.807) is 0 Å². The summed E-state index contributed by atoms with van der Waals surface area (Å²) >= 11 is 0. The summed E-state index contributed by atoms with van der Waals surface area (Å²) < 4.78 is 0.